The predicted octanol–water partition coefficient (Wildman–Crippen LogP) is 0.447. The van der Waals surface area contributed by atoms with E-state index in [1.165, 1.54) is 10.7 Å². The topological polar surface area (TPSA) is 118 Å². The molecule has 2 atom stereocenters. The predicted molar refractivity (Wildman–Crippen MR) is 110 cm³/mol. The minimum absolute atomic E-state index is 0.0696. The molecule has 2 N–H and O–H groups in total. The van der Waals surface area contributed by atoms with Crippen molar-refractivity contribution in [3.8, 4) is 17.1 Å². The van der Waals surface area contributed by atoms with Crippen LogP contribution in [-0.4, -0.2) is 68.5 Å². The molecular formula is C20H23N7O3. The number of rotatable bonds is 3. The third kappa shape index (κ3) is 3.27. The van der Waals surface area contributed by atoms with Crippen LogP contribution in [0.2, 0.25) is 0 Å². The van der Waals surface area contributed by atoms with Crippen molar-refractivity contribution in [2.75, 3.05) is 25.2 Å². The molecule has 2 bridgehead atoms. The van der Waals surface area contributed by atoms with Gasteiger partial charge in [-0.2, -0.15) is 5.10 Å². The molecule has 1 aromatic carbocycles. The maximum atomic E-state index is 12.2. The Kier molecular flexibility index (Phi) is 4.59. The van der Waals surface area contributed by atoms with Gasteiger partial charge in [0, 0.05) is 37.6 Å². The quantitative estimate of drug-likeness (QED) is 0.635. The first-order valence-corrected chi connectivity index (χ1v) is 9.95. The van der Waals surface area contributed by atoms with Crippen LogP contribution < -0.4 is 15.8 Å². The number of anilines is 1. The van der Waals surface area contributed by atoms with Crippen molar-refractivity contribution in [2.45, 2.75) is 31.0 Å². The summed E-state index contributed by atoms with van der Waals surface area (Å²) >= 11 is 0. The Balaban J connectivity index is 1.41. The molecule has 0 spiro atoms. The van der Waals surface area contributed by atoms with Gasteiger partial charge >= 0.3 is 0 Å². The summed E-state index contributed by atoms with van der Waals surface area (Å²) < 4.78 is 6.85. The molecule has 2 unspecified atom stereocenters. The van der Waals surface area contributed by atoms with Gasteiger partial charge in [0.25, 0.3) is 5.56 Å². The molecule has 4 heterocycles. The highest BCUT2D eigenvalue weighted by Gasteiger charge is 2.34. The number of nitrogens with zero attached hydrogens (tertiary/aromatic N) is 6. The number of nitrogens with one attached hydrogen (secondary N) is 1. The number of aromatic nitrogens is 5. The fourth-order valence-electron chi connectivity index (χ4n) is 4.32. The second-order valence-corrected chi connectivity index (χ2v) is 8.00. The van der Waals surface area contributed by atoms with Gasteiger partial charge in [-0.3, -0.25) is 4.79 Å². The fourth-order valence-corrected chi connectivity index (χ4v) is 4.32. The van der Waals surface area contributed by atoms with E-state index in [0.717, 1.165) is 26.1 Å². The van der Waals surface area contributed by atoms with E-state index in [4.69, 9.17) is 4.74 Å². The normalized spacial score (nSPS) is 23.5. The maximum absolute atomic E-state index is 12.2. The Morgan fingerprint density at radius 2 is 1.97 bits per heavy atom. The van der Waals surface area contributed by atoms with E-state index in [1.54, 1.807) is 25.5 Å². The van der Waals surface area contributed by atoms with Crippen LogP contribution >= 0.6 is 0 Å². The fraction of sp³-hybridized carbons (Fsp3) is 0.450. The molecule has 0 radical (unpaired) electrons. The van der Waals surface area contributed by atoms with Crippen LogP contribution in [0.4, 0.5) is 5.82 Å². The van der Waals surface area contributed by atoms with Crippen LogP contribution in [0.15, 0.2) is 29.3 Å². The van der Waals surface area contributed by atoms with Crippen molar-refractivity contribution < 1.29 is 9.84 Å². The standard InChI is InChI=1S/C20H23N7O3/c1-26(14-4-12-9-30-10-13(5-14)23-12)18-8-21-19(25-24-18)16-3-11-7-22-27(2)20(29)15(11)6-17(16)28/h3,6-8,12-14,23,28H,4-5,9-10H2,1-2H3. The summed E-state index contributed by atoms with van der Waals surface area (Å²) in [5.41, 5.74) is 0.135. The number of phenols is 1. The second kappa shape index (κ2) is 7.29. The summed E-state index contributed by atoms with van der Waals surface area (Å²) in [6.45, 7) is 1.48. The smallest absolute Gasteiger partial charge is 0.274 e. The Morgan fingerprint density at radius 1 is 1.20 bits per heavy atom. The van der Waals surface area contributed by atoms with Crippen LogP contribution in [0.5, 0.6) is 5.75 Å². The van der Waals surface area contributed by atoms with Crippen molar-refractivity contribution in [2.24, 2.45) is 7.05 Å². The molecule has 0 aliphatic carbocycles. The van der Waals surface area contributed by atoms with Crippen LogP contribution in [0, 0.1) is 0 Å². The van der Waals surface area contributed by atoms with Gasteiger partial charge in [0.15, 0.2) is 11.6 Å². The van der Waals surface area contributed by atoms with E-state index in [0.29, 0.717) is 46.1 Å². The highest BCUT2D eigenvalue weighted by molar-refractivity contribution is 5.88. The lowest BCUT2D eigenvalue weighted by Crippen LogP contribution is -2.58. The molecule has 2 aromatic heterocycles. The van der Waals surface area contributed by atoms with E-state index in [-0.39, 0.29) is 11.3 Å². The van der Waals surface area contributed by atoms with E-state index in [1.807, 2.05) is 7.05 Å². The molecule has 2 saturated heterocycles. The molecule has 0 amide bonds. The first kappa shape index (κ1) is 18.9. The molecule has 10 nitrogen and oxygen atoms in total. The zero-order chi connectivity index (χ0) is 20.8. The minimum Gasteiger partial charge on any atom is -0.507 e. The number of aromatic hydroxyl groups is 1. The second-order valence-electron chi connectivity index (χ2n) is 8.00. The van der Waals surface area contributed by atoms with Crippen molar-refractivity contribution in [3.05, 3.63) is 34.9 Å². The van der Waals surface area contributed by atoms with Crippen LogP contribution in [-0.2, 0) is 11.8 Å². The van der Waals surface area contributed by atoms with Crippen molar-refractivity contribution in [3.63, 3.8) is 0 Å². The molecule has 2 aliphatic heterocycles. The van der Waals surface area contributed by atoms with Crippen LogP contribution in [0.3, 0.4) is 0 Å². The van der Waals surface area contributed by atoms with Crippen molar-refractivity contribution in [1.82, 2.24) is 30.3 Å². The average Bonchev–Trinajstić information content (AvgIpc) is 2.76. The minimum atomic E-state index is -0.275. The first-order chi connectivity index (χ1) is 14.5. The Morgan fingerprint density at radius 3 is 2.67 bits per heavy atom. The first-order valence-electron chi connectivity index (χ1n) is 9.95. The van der Waals surface area contributed by atoms with E-state index in [2.05, 4.69) is 30.5 Å². The van der Waals surface area contributed by atoms with Crippen LogP contribution in [0.25, 0.3) is 22.2 Å². The number of piperidine rings is 1. The number of benzene rings is 1. The van der Waals surface area contributed by atoms with E-state index in [9.17, 15) is 9.90 Å². The Labute approximate surface area is 172 Å². The lowest BCUT2D eigenvalue weighted by molar-refractivity contribution is 0.0183. The van der Waals surface area contributed by atoms with Crippen molar-refractivity contribution >= 4 is 16.6 Å². The molecule has 3 aromatic rings. The van der Waals surface area contributed by atoms with Crippen molar-refractivity contribution in [1.29, 1.82) is 0 Å². The SMILES string of the molecule is CN(c1cnc(-c2cc3cnn(C)c(=O)c3cc2O)nn1)C1CC2COCC(C1)N2. The summed E-state index contributed by atoms with van der Waals surface area (Å²) in [5, 5.41) is 27.6. The number of hydrogen-bond acceptors (Lipinski definition) is 9. The summed E-state index contributed by atoms with van der Waals surface area (Å²) in [4.78, 5) is 18.7. The summed E-state index contributed by atoms with van der Waals surface area (Å²) in [6.07, 6.45) is 5.20. The van der Waals surface area contributed by atoms with Gasteiger partial charge in [0.1, 0.15) is 5.75 Å². The number of hydrogen-bond donors (Lipinski definition) is 2. The number of fused-ring (bicyclic) bond motifs is 3. The third-order valence-electron chi connectivity index (χ3n) is 5.98. The molecule has 5 rings (SSSR count). The van der Waals surface area contributed by atoms with E-state index < -0.39 is 0 Å². The highest BCUT2D eigenvalue weighted by Crippen LogP contribution is 2.30. The lowest BCUT2D eigenvalue weighted by Gasteiger charge is -2.43. The highest BCUT2D eigenvalue weighted by atomic mass is 16.5. The van der Waals surface area contributed by atoms with Gasteiger partial charge in [-0.1, -0.05) is 0 Å². The lowest BCUT2D eigenvalue weighted by atomic mass is 9.92. The number of aryl methyl sites for hydroxylation is 1. The average molecular weight is 409 g/mol. The monoisotopic (exact) mass is 409 g/mol. The Bertz CT molecular complexity index is 1140. The Hall–Kier alpha value is -3.11. The van der Waals surface area contributed by atoms with Crippen LogP contribution in [0.1, 0.15) is 12.8 Å². The van der Waals surface area contributed by atoms with Gasteiger partial charge < -0.3 is 20.1 Å². The maximum Gasteiger partial charge on any atom is 0.274 e. The third-order valence-corrected chi connectivity index (χ3v) is 5.98. The molecule has 10 heteroatoms. The zero-order valence-corrected chi connectivity index (χ0v) is 16.8. The van der Waals surface area contributed by atoms with E-state index >= 15 is 0 Å². The molecule has 2 aliphatic rings. The molecule has 30 heavy (non-hydrogen) atoms. The molecular weight excluding hydrogens is 386 g/mol. The van der Waals surface area contributed by atoms with Gasteiger partial charge in [0.05, 0.1) is 36.6 Å². The molecule has 2 fully saturated rings. The van der Waals surface area contributed by atoms with Gasteiger partial charge in [-0.25, -0.2) is 9.67 Å². The van der Waals surface area contributed by atoms with Gasteiger partial charge in [-0.05, 0) is 25.0 Å². The van der Waals surface area contributed by atoms with Gasteiger partial charge in [0.2, 0.25) is 0 Å². The number of ether oxygens (including phenoxy) is 1. The molecule has 0 saturated carbocycles. The number of phenolic OH excluding ortho intramolecular Hbond substituents is 1. The largest absolute Gasteiger partial charge is 0.507 e. The number of morpholine rings is 1. The summed E-state index contributed by atoms with van der Waals surface area (Å²) in [7, 11) is 3.57. The summed E-state index contributed by atoms with van der Waals surface area (Å²) in [6, 6.07) is 4.15. The zero-order valence-electron chi connectivity index (χ0n) is 16.8. The summed E-state index contributed by atoms with van der Waals surface area (Å²) in [5.74, 6) is 0.906. The van der Waals surface area contributed by atoms with Gasteiger partial charge in [-0.15, -0.1) is 10.2 Å². The molecule has 156 valence electrons.